The molecule has 1 saturated carbocycles. The molecule has 3 heteroatoms. The molecule has 23 heavy (non-hydrogen) atoms. The molecule has 0 atom stereocenters. The molecule has 132 valence electrons. The van der Waals surface area contributed by atoms with Gasteiger partial charge in [0.05, 0.1) is 24.7 Å². The van der Waals surface area contributed by atoms with E-state index in [-0.39, 0.29) is 11.7 Å². The largest absolute Gasteiger partial charge is 0.352 e. The Kier molecular flexibility index (Phi) is 7.86. The third-order valence-electron chi connectivity index (χ3n) is 5.83. The first kappa shape index (κ1) is 18.7. The fourth-order valence-corrected chi connectivity index (χ4v) is 4.09. The van der Waals surface area contributed by atoms with Crippen LogP contribution in [0.25, 0.3) is 0 Å². The van der Waals surface area contributed by atoms with E-state index in [1.54, 1.807) is 0 Å². The molecule has 0 aromatic carbocycles. The minimum atomic E-state index is -0.0655. The van der Waals surface area contributed by atoms with Crippen LogP contribution in [0.2, 0.25) is 0 Å². The lowest BCUT2D eigenvalue weighted by Crippen LogP contribution is -2.40. The highest BCUT2D eigenvalue weighted by molar-refractivity contribution is 5.01. The van der Waals surface area contributed by atoms with Crippen LogP contribution in [-0.4, -0.2) is 19.5 Å². The van der Waals surface area contributed by atoms with Crippen LogP contribution in [0.4, 0.5) is 0 Å². The normalized spacial score (nSPS) is 34.9. The predicted octanol–water partition coefficient (Wildman–Crippen LogP) is 5.45. The number of unbranched alkanes of at least 4 members (excludes halogenated alkanes) is 3. The zero-order chi connectivity index (χ0) is 16.5. The van der Waals surface area contributed by atoms with E-state index in [0.717, 1.165) is 45.3 Å². The fraction of sp³-hybridized carbons (Fsp3) is 0.950. The number of nitrogens with zero attached hydrogens (tertiary/aromatic N) is 1. The highest BCUT2D eigenvalue weighted by Crippen LogP contribution is 2.44. The van der Waals surface area contributed by atoms with Crippen molar-refractivity contribution in [3.8, 4) is 6.07 Å². The van der Waals surface area contributed by atoms with Crippen molar-refractivity contribution in [3.63, 3.8) is 0 Å². The van der Waals surface area contributed by atoms with Crippen LogP contribution in [0.15, 0.2) is 0 Å². The summed E-state index contributed by atoms with van der Waals surface area (Å²) in [6.45, 7) is 6.18. The van der Waals surface area contributed by atoms with Crippen molar-refractivity contribution in [3.05, 3.63) is 0 Å². The zero-order valence-electron chi connectivity index (χ0n) is 15.2. The van der Waals surface area contributed by atoms with Gasteiger partial charge in [0.2, 0.25) is 0 Å². The third kappa shape index (κ3) is 5.47. The minimum absolute atomic E-state index is 0.0137. The van der Waals surface area contributed by atoms with Gasteiger partial charge in [0.15, 0.2) is 6.29 Å². The Bertz CT molecular complexity index is 360. The number of ether oxygens (including phenoxy) is 2. The van der Waals surface area contributed by atoms with E-state index in [9.17, 15) is 5.26 Å². The second-order valence-corrected chi connectivity index (χ2v) is 7.73. The first-order valence-electron chi connectivity index (χ1n) is 9.87. The van der Waals surface area contributed by atoms with Gasteiger partial charge in [-0.05, 0) is 38.5 Å². The maximum Gasteiger partial charge on any atom is 0.160 e. The summed E-state index contributed by atoms with van der Waals surface area (Å²) in [6, 6.07) is 2.65. The summed E-state index contributed by atoms with van der Waals surface area (Å²) in [5.74, 6) is 1.08. The van der Waals surface area contributed by atoms with Gasteiger partial charge < -0.3 is 9.47 Å². The van der Waals surface area contributed by atoms with Crippen molar-refractivity contribution < 1.29 is 9.47 Å². The predicted molar refractivity (Wildman–Crippen MR) is 92.9 cm³/mol. The molecule has 0 radical (unpaired) electrons. The van der Waals surface area contributed by atoms with E-state index < -0.39 is 0 Å². The second-order valence-electron chi connectivity index (χ2n) is 7.73. The van der Waals surface area contributed by atoms with Crippen LogP contribution < -0.4 is 0 Å². The second kappa shape index (κ2) is 9.64. The third-order valence-corrected chi connectivity index (χ3v) is 5.83. The zero-order valence-corrected chi connectivity index (χ0v) is 15.2. The van der Waals surface area contributed by atoms with E-state index in [0.29, 0.717) is 11.8 Å². The van der Waals surface area contributed by atoms with Crippen molar-refractivity contribution in [1.29, 1.82) is 5.26 Å². The van der Waals surface area contributed by atoms with E-state index >= 15 is 0 Å². The SMILES string of the molecule is CCCCC[C@]1(C#N)CC[C@@H](C2OCC(CCCC)CO2)CC1. The highest BCUT2D eigenvalue weighted by Gasteiger charge is 2.39. The molecule has 2 aliphatic rings. The lowest BCUT2D eigenvalue weighted by atomic mass is 9.68. The Labute approximate surface area is 142 Å². The Morgan fingerprint density at radius 1 is 1.00 bits per heavy atom. The van der Waals surface area contributed by atoms with Crippen molar-refractivity contribution in [2.45, 2.75) is 90.8 Å². The van der Waals surface area contributed by atoms with E-state index in [4.69, 9.17) is 9.47 Å². The summed E-state index contributed by atoms with van der Waals surface area (Å²) >= 11 is 0. The molecule has 0 spiro atoms. The molecule has 1 aliphatic carbocycles. The van der Waals surface area contributed by atoms with Gasteiger partial charge in [-0.1, -0.05) is 46.0 Å². The quantitative estimate of drug-likeness (QED) is 0.558. The van der Waals surface area contributed by atoms with Gasteiger partial charge >= 0.3 is 0 Å². The van der Waals surface area contributed by atoms with Gasteiger partial charge in [-0.3, -0.25) is 0 Å². The fourth-order valence-electron chi connectivity index (χ4n) is 4.09. The molecule has 2 rings (SSSR count). The summed E-state index contributed by atoms with van der Waals surface area (Å²) in [4.78, 5) is 0. The number of rotatable bonds is 8. The van der Waals surface area contributed by atoms with E-state index in [1.165, 1.54) is 38.5 Å². The molecule has 1 aliphatic heterocycles. The average molecular weight is 322 g/mol. The maximum atomic E-state index is 9.64. The van der Waals surface area contributed by atoms with Gasteiger partial charge in [-0.15, -0.1) is 0 Å². The topological polar surface area (TPSA) is 42.2 Å². The molecule has 3 nitrogen and oxygen atoms in total. The van der Waals surface area contributed by atoms with Crippen LogP contribution in [0.1, 0.15) is 84.5 Å². The van der Waals surface area contributed by atoms with Gasteiger partial charge in [0, 0.05) is 11.8 Å². The first-order chi connectivity index (χ1) is 11.2. The monoisotopic (exact) mass is 321 g/mol. The van der Waals surface area contributed by atoms with Crippen molar-refractivity contribution >= 4 is 0 Å². The lowest BCUT2D eigenvalue weighted by Gasteiger charge is -2.40. The standard InChI is InChI=1S/C20H35NO2/c1-3-5-7-11-20(16-21)12-9-18(10-13-20)19-22-14-17(15-23-19)8-6-4-2/h17-19H,3-15H2,1-2H3/t17?,18-,19?,20+. The van der Waals surface area contributed by atoms with E-state index in [1.807, 2.05) is 0 Å². The molecule has 2 fully saturated rings. The molecular formula is C20H35NO2. The van der Waals surface area contributed by atoms with Crippen LogP contribution in [0.3, 0.4) is 0 Å². The first-order valence-corrected chi connectivity index (χ1v) is 9.87. The molecule has 0 bridgehead atoms. The van der Waals surface area contributed by atoms with E-state index in [2.05, 4.69) is 19.9 Å². The Hall–Kier alpha value is -0.590. The average Bonchev–Trinajstić information content (AvgIpc) is 2.61. The summed E-state index contributed by atoms with van der Waals surface area (Å²) < 4.78 is 12.0. The minimum Gasteiger partial charge on any atom is -0.352 e. The van der Waals surface area contributed by atoms with Gasteiger partial charge in [0.25, 0.3) is 0 Å². The van der Waals surface area contributed by atoms with Crippen molar-refractivity contribution in [1.82, 2.24) is 0 Å². The lowest BCUT2D eigenvalue weighted by molar-refractivity contribution is -0.231. The van der Waals surface area contributed by atoms with Gasteiger partial charge in [-0.25, -0.2) is 0 Å². The van der Waals surface area contributed by atoms with Crippen LogP contribution in [0, 0.1) is 28.6 Å². The molecule has 0 aromatic rings. The molecule has 0 aromatic heterocycles. The molecular weight excluding hydrogens is 286 g/mol. The summed E-state index contributed by atoms with van der Waals surface area (Å²) in [6.07, 6.45) is 12.7. The molecule has 0 amide bonds. The Morgan fingerprint density at radius 3 is 2.22 bits per heavy atom. The van der Waals surface area contributed by atoms with Crippen molar-refractivity contribution in [2.75, 3.05) is 13.2 Å². The van der Waals surface area contributed by atoms with Crippen LogP contribution in [0.5, 0.6) is 0 Å². The molecule has 0 N–H and O–H groups in total. The smallest absolute Gasteiger partial charge is 0.160 e. The molecule has 1 saturated heterocycles. The number of hydrogen-bond acceptors (Lipinski definition) is 3. The highest BCUT2D eigenvalue weighted by atomic mass is 16.7. The molecule has 1 heterocycles. The Balaban J connectivity index is 1.73. The molecule has 0 unspecified atom stereocenters. The number of hydrogen-bond donors (Lipinski definition) is 0. The van der Waals surface area contributed by atoms with Crippen LogP contribution in [-0.2, 0) is 9.47 Å². The maximum absolute atomic E-state index is 9.64. The summed E-state index contributed by atoms with van der Waals surface area (Å²) in [5.41, 5.74) is -0.0655. The van der Waals surface area contributed by atoms with Gasteiger partial charge in [0.1, 0.15) is 0 Å². The number of nitriles is 1. The Morgan fingerprint density at radius 2 is 1.65 bits per heavy atom. The summed E-state index contributed by atoms with van der Waals surface area (Å²) in [7, 11) is 0. The van der Waals surface area contributed by atoms with Gasteiger partial charge in [-0.2, -0.15) is 5.26 Å². The van der Waals surface area contributed by atoms with Crippen molar-refractivity contribution in [2.24, 2.45) is 17.3 Å². The van der Waals surface area contributed by atoms with Crippen LogP contribution >= 0.6 is 0 Å². The summed E-state index contributed by atoms with van der Waals surface area (Å²) in [5, 5.41) is 9.64.